The fourth-order valence-electron chi connectivity index (χ4n) is 4.63. The zero-order chi connectivity index (χ0) is 19.3. The van der Waals surface area contributed by atoms with Crippen LogP contribution >= 0.6 is 0 Å². The highest BCUT2D eigenvalue weighted by atomic mass is 16.5. The summed E-state index contributed by atoms with van der Waals surface area (Å²) in [6.45, 7) is 6.32. The van der Waals surface area contributed by atoms with Crippen LogP contribution in [0.15, 0.2) is 42.5 Å². The number of fused-ring (bicyclic) bond motifs is 1. The number of hydrogen-bond donors (Lipinski definition) is 2. The number of rotatable bonds is 6. The van der Waals surface area contributed by atoms with E-state index < -0.39 is 0 Å². The lowest BCUT2D eigenvalue weighted by Gasteiger charge is -2.31. The molecule has 0 bridgehead atoms. The summed E-state index contributed by atoms with van der Waals surface area (Å²) in [4.78, 5) is 0. The molecule has 28 heavy (non-hydrogen) atoms. The summed E-state index contributed by atoms with van der Waals surface area (Å²) in [7, 11) is 1.71. The Labute approximate surface area is 168 Å². The Morgan fingerprint density at radius 1 is 1.04 bits per heavy atom. The van der Waals surface area contributed by atoms with Crippen LogP contribution in [-0.4, -0.2) is 32.8 Å². The lowest BCUT2D eigenvalue weighted by Crippen LogP contribution is -2.39. The number of hydrogen-bond acceptors (Lipinski definition) is 4. The first-order valence-corrected chi connectivity index (χ1v) is 10.6. The van der Waals surface area contributed by atoms with Gasteiger partial charge in [-0.2, -0.15) is 0 Å². The summed E-state index contributed by atoms with van der Waals surface area (Å²) < 4.78 is 11.8. The van der Waals surface area contributed by atoms with Gasteiger partial charge in [-0.25, -0.2) is 0 Å². The molecule has 4 nitrogen and oxygen atoms in total. The van der Waals surface area contributed by atoms with Gasteiger partial charge in [0.25, 0.3) is 0 Å². The highest BCUT2D eigenvalue weighted by Crippen LogP contribution is 2.34. The molecule has 0 aromatic heterocycles. The minimum atomic E-state index is 0.291. The molecule has 2 aromatic rings. The van der Waals surface area contributed by atoms with Crippen molar-refractivity contribution in [2.45, 2.75) is 44.8 Å². The normalized spacial score (nSPS) is 22.9. The van der Waals surface area contributed by atoms with Gasteiger partial charge in [0.05, 0.1) is 7.11 Å². The van der Waals surface area contributed by atoms with Gasteiger partial charge in [-0.05, 0) is 66.8 Å². The molecule has 0 spiro atoms. The van der Waals surface area contributed by atoms with Crippen LogP contribution in [0.1, 0.15) is 48.8 Å². The molecule has 4 rings (SSSR count). The van der Waals surface area contributed by atoms with Gasteiger partial charge in [0.2, 0.25) is 0 Å². The molecule has 2 heterocycles. The predicted octanol–water partition coefficient (Wildman–Crippen LogP) is 4.09. The summed E-state index contributed by atoms with van der Waals surface area (Å²) in [5.74, 6) is 2.89. The van der Waals surface area contributed by atoms with E-state index in [0.717, 1.165) is 44.1 Å². The number of piperidine rings is 1. The van der Waals surface area contributed by atoms with E-state index in [1.807, 2.05) is 12.1 Å². The molecule has 2 N–H and O–H groups in total. The van der Waals surface area contributed by atoms with Gasteiger partial charge in [-0.3, -0.25) is 0 Å². The van der Waals surface area contributed by atoms with Gasteiger partial charge < -0.3 is 20.1 Å². The third-order valence-corrected chi connectivity index (χ3v) is 6.22. The van der Waals surface area contributed by atoms with Gasteiger partial charge in [0.1, 0.15) is 17.6 Å². The van der Waals surface area contributed by atoms with E-state index in [2.05, 4.69) is 47.9 Å². The van der Waals surface area contributed by atoms with Crippen molar-refractivity contribution in [1.82, 2.24) is 10.6 Å². The maximum atomic E-state index is 6.46. The molecule has 2 aliphatic rings. The molecule has 4 heteroatoms. The number of nitrogens with one attached hydrogen (secondary N) is 2. The van der Waals surface area contributed by atoms with E-state index in [1.165, 1.54) is 29.5 Å². The quantitative estimate of drug-likeness (QED) is 0.792. The van der Waals surface area contributed by atoms with Crippen molar-refractivity contribution < 1.29 is 9.47 Å². The summed E-state index contributed by atoms with van der Waals surface area (Å²) in [6.07, 6.45) is 3.86. The smallest absolute Gasteiger partial charge is 0.120 e. The third kappa shape index (κ3) is 4.18. The Morgan fingerprint density at radius 2 is 1.86 bits per heavy atom. The fourth-order valence-corrected chi connectivity index (χ4v) is 4.63. The Kier molecular flexibility index (Phi) is 6.18. The topological polar surface area (TPSA) is 42.5 Å². The number of benzene rings is 2. The van der Waals surface area contributed by atoms with E-state index in [-0.39, 0.29) is 0 Å². The zero-order valence-electron chi connectivity index (χ0n) is 17.0. The van der Waals surface area contributed by atoms with Gasteiger partial charge in [-0.1, -0.05) is 25.1 Å². The first kappa shape index (κ1) is 19.3. The van der Waals surface area contributed by atoms with E-state index in [1.54, 1.807) is 7.11 Å². The van der Waals surface area contributed by atoms with E-state index >= 15 is 0 Å². The largest absolute Gasteiger partial charge is 0.497 e. The second kappa shape index (κ2) is 8.97. The average Bonchev–Trinajstić information content (AvgIpc) is 2.77. The molecule has 0 aliphatic carbocycles. The van der Waals surface area contributed by atoms with Crippen molar-refractivity contribution in [3.63, 3.8) is 0 Å². The molecule has 2 aromatic carbocycles. The van der Waals surface area contributed by atoms with E-state index in [9.17, 15) is 0 Å². The standard InChI is InChI=1S/C24H32N2O2/c1-3-24(18-5-4-12-25-14-18)28-21-10-11-22-19(13-21)15-26-16-23(22)17-6-8-20(27-2)9-7-17/h6-11,13,18,23-26H,3-5,12,14-16H2,1-2H3. The summed E-state index contributed by atoms with van der Waals surface area (Å²) in [6, 6.07) is 15.1. The fraction of sp³-hybridized carbons (Fsp3) is 0.500. The monoisotopic (exact) mass is 380 g/mol. The summed E-state index contributed by atoms with van der Waals surface area (Å²) in [5, 5.41) is 7.10. The highest BCUT2D eigenvalue weighted by Gasteiger charge is 2.25. The van der Waals surface area contributed by atoms with Crippen molar-refractivity contribution in [1.29, 1.82) is 0 Å². The molecule has 0 amide bonds. The van der Waals surface area contributed by atoms with Crippen LogP contribution in [0.4, 0.5) is 0 Å². The molecule has 3 unspecified atom stereocenters. The third-order valence-electron chi connectivity index (χ3n) is 6.22. The summed E-state index contributed by atoms with van der Waals surface area (Å²) in [5.41, 5.74) is 4.08. The lowest BCUT2D eigenvalue weighted by molar-refractivity contribution is 0.111. The molecular formula is C24H32N2O2. The Balaban J connectivity index is 1.52. The first-order valence-electron chi connectivity index (χ1n) is 10.6. The number of ether oxygens (including phenoxy) is 2. The maximum absolute atomic E-state index is 6.46. The van der Waals surface area contributed by atoms with Crippen LogP contribution in [0.2, 0.25) is 0 Å². The van der Waals surface area contributed by atoms with Gasteiger partial charge in [-0.15, -0.1) is 0 Å². The number of methoxy groups -OCH3 is 1. The molecular weight excluding hydrogens is 348 g/mol. The SMILES string of the molecule is CCC(Oc1ccc2c(c1)CNCC2c1ccc(OC)cc1)C1CCCNC1. The summed E-state index contributed by atoms with van der Waals surface area (Å²) >= 11 is 0. The molecule has 3 atom stereocenters. The molecule has 1 saturated heterocycles. The van der Waals surface area contributed by atoms with Crippen LogP contribution in [0.3, 0.4) is 0 Å². The van der Waals surface area contributed by atoms with Crippen LogP contribution in [0, 0.1) is 5.92 Å². The van der Waals surface area contributed by atoms with Gasteiger partial charge in [0.15, 0.2) is 0 Å². The molecule has 1 fully saturated rings. The van der Waals surface area contributed by atoms with Crippen molar-refractivity contribution in [3.05, 3.63) is 59.2 Å². The van der Waals surface area contributed by atoms with Crippen molar-refractivity contribution in [2.75, 3.05) is 26.7 Å². The van der Waals surface area contributed by atoms with E-state index in [4.69, 9.17) is 9.47 Å². The molecule has 0 radical (unpaired) electrons. The highest BCUT2D eigenvalue weighted by molar-refractivity contribution is 5.45. The van der Waals surface area contributed by atoms with Gasteiger partial charge >= 0.3 is 0 Å². The van der Waals surface area contributed by atoms with Crippen molar-refractivity contribution in [3.8, 4) is 11.5 Å². The molecule has 0 saturated carbocycles. The van der Waals surface area contributed by atoms with E-state index in [0.29, 0.717) is 17.9 Å². The second-order valence-electron chi connectivity index (χ2n) is 7.99. The van der Waals surface area contributed by atoms with Crippen molar-refractivity contribution >= 4 is 0 Å². The van der Waals surface area contributed by atoms with Gasteiger partial charge in [0, 0.05) is 31.5 Å². The second-order valence-corrected chi connectivity index (χ2v) is 7.99. The zero-order valence-corrected chi connectivity index (χ0v) is 17.0. The van der Waals surface area contributed by atoms with Crippen molar-refractivity contribution in [2.24, 2.45) is 5.92 Å². The minimum absolute atomic E-state index is 0.291. The van der Waals surface area contributed by atoms with Crippen LogP contribution in [0.25, 0.3) is 0 Å². The maximum Gasteiger partial charge on any atom is 0.120 e. The Hall–Kier alpha value is -2.04. The Morgan fingerprint density at radius 3 is 2.57 bits per heavy atom. The average molecular weight is 381 g/mol. The first-order chi connectivity index (χ1) is 13.8. The lowest BCUT2D eigenvalue weighted by atomic mass is 9.85. The molecule has 2 aliphatic heterocycles. The van der Waals surface area contributed by atoms with Crippen LogP contribution < -0.4 is 20.1 Å². The van der Waals surface area contributed by atoms with Crippen LogP contribution in [-0.2, 0) is 6.54 Å². The Bertz CT molecular complexity index is 769. The molecule has 150 valence electrons. The minimum Gasteiger partial charge on any atom is -0.497 e. The van der Waals surface area contributed by atoms with Crippen LogP contribution in [0.5, 0.6) is 11.5 Å². The predicted molar refractivity (Wildman–Crippen MR) is 113 cm³/mol.